The van der Waals surface area contributed by atoms with Crippen LogP contribution < -0.4 is 5.73 Å². The van der Waals surface area contributed by atoms with Crippen LogP contribution >= 0.6 is 0 Å². The lowest BCUT2D eigenvalue weighted by Crippen LogP contribution is -2.45. The SMILES string of the molecule is CN(C)C(c1cccc(F)c1)C(C)(C)N. The van der Waals surface area contributed by atoms with Gasteiger partial charge in [0.15, 0.2) is 0 Å². The molecule has 2 N–H and O–H groups in total. The number of nitrogens with two attached hydrogens (primary N) is 1. The lowest BCUT2D eigenvalue weighted by atomic mass is 9.89. The van der Waals surface area contributed by atoms with Crippen molar-refractivity contribution in [2.24, 2.45) is 5.73 Å². The van der Waals surface area contributed by atoms with Crippen LogP contribution in [-0.4, -0.2) is 24.5 Å². The highest BCUT2D eigenvalue weighted by Crippen LogP contribution is 2.28. The quantitative estimate of drug-likeness (QED) is 0.828. The number of nitrogens with zero attached hydrogens (tertiary/aromatic N) is 1. The Bertz CT molecular complexity index is 329. The van der Waals surface area contributed by atoms with Gasteiger partial charge in [-0.05, 0) is 45.6 Å². The Balaban J connectivity index is 3.11. The first-order valence-electron chi connectivity index (χ1n) is 5.03. The van der Waals surface area contributed by atoms with Gasteiger partial charge in [0.2, 0.25) is 0 Å². The van der Waals surface area contributed by atoms with E-state index in [1.54, 1.807) is 12.1 Å². The average Bonchev–Trinajstić information content (AvgIpc) is 1.99. The number of likely N-dealkylation sites (N-methyl/N-ethyl adjacent to an activating group) is 1. The molecule has 0 saturated carbocycles. The molecule has 0 aliphatic carbocycles. The summed E-state index contributed by atoms with van der Waals surface area (Å²) in [4.78, 5) is 2.01. The fraction of sp³-hybridized carbons (Fsp3) is 0.500. The van der Waals surface area contributed by atoms with Crippen LogP contribution in [0, 0.1) is 5.82 Å². The van der Waals surface area contributed by atoms with Gasteiger partial charge in [-0.15, -0.1) is 0 Å². The first-order chi connectivity index (χ1) is 6.82. The normalized spacial score (nSPS) is 14.3. The Morgan fingerprint density at radius 3 is 2.33 bits per heavy atom. The first-order valence-corrected chi connectivity index (χ1v) is 5.03. The van der Waals surface area contributed by atoms with E-state index in [2.05, 4.69) is 0 Å². The summed E-state index contributed by atoms with van der Waals surface area (Å²) in [5, 5.41) is 0. The average molecular weight is 210 g/mol. The van der Waals surface area contributed by atoms with Crippen molar-refractivity contribution in [2.75, 3.05) is 14.1 Å². The third-order valence-electron chi connectivity index (χ3n) is 2.39. The molecule has 0 radical (unpaired) electrons. The van der Waals surface area contributed by atoms with E-state index >= 15 is 0 Å². The lowest BCUT2D eigenvalue weighted by molar-refractivity contribution is 0.204. The molecular formula is C12H19FN2. The number of benzene rings is 1. The lowest BCUT2D eigenvalue weighted by Gasteiger charge is -2.36. The molecule has 1 atom stereocenters. The van der Waals surface area contributed by atoms with Crippen molar-refractivity contribution in [3.8, 4) is 0 Å². The van der Waals surface area contributed by atoms with E-state index in [1.807, 2.05) is 38.9 Å². The Hall–Kier alpha value is -0.930. The van der Waals surface area contributed by atoms with Crippen molar-refractivity contribution in [1.29, 1.82) is 0 Å². The zero-order valence-electron chi connectivity index (χ0n) is 9.79. The topological polar surface area (TPSA) is 29.3 Å². The van der Waals surface area contributed by atoms with Crippen molar-refractivity contribution in [3.63, 3.8) is 0 Å². The summed E-state index contributed by atoms with van der Waals surface area (Å²) in [6.45, 7) is 3.89. The zero-order chi connectivity index (χ0) is 11.6. The monoisotopic (exact) mass is 210 g/mol. The highest BCUT2D eigenvalue weighted by molar-refractivity contribution is 5.23. The molecule has 1 aromatic carbocycles. The van der Waals surface area contributed by atoms with E-state index in [0.29, 0.717) is 0 Å². The Kier molecular flexibility index (Phi) is 3.47. The van der Waals surface area contributed by atoms with E-state index in [9.17, 15) is 4.39 Å². The number of hydrogen-bond donors (Lipinski definition) is 1. The molecule has 0 aromatic heterocycles. The Morgan fingerprint density at radius 1 is 1.33 bits per heavy atom. The molecule has 1 unspecified atom stereocenters. The van der Waals surface area contributed by atoms with Crippen LogP contribution in [0.1, 0.15) is 25.5 Å². The molecule has 3 heteroatoms. The number of rotatable bonds is 3. The smallest absolute Gasteiger partial charge is 0.123 e. The summed E-state index contributed by atoms with van der Waals surface area (Å²) in [6, 6.07) is 6.61. The molecule has 0 spiro atoms. The van der Waals surface area contributed by atoms with E-state index in [0.717, 1.165) is 5.56 Å². The fourth-order valence-electron chi connectivity index (χ4n) is 2.07. The summed E-state index contributed by atoms with van der Waals surface area (Å²) in [6.07, 6.45) is 0. The Labute approximate surface area is 90.9 Å². The van der Waals surface area contributed by atoms with Crippen LogP contribution in [0.5, 0.6) is 0 Å². The summed E-state index contributed by atoms with van der Waals surface area (Å²) < 4.78 is 13.1. The maximum Gasteiger partial charge on any atom is 0.123 e. The molecular weight excluding hydrogens is 191 g/mol. The maximum absolute atomic E-state index is 13.1. The fourth-order valence-corrected chi connectivity index (χ4v) is 2.07. The minimum Gasteiger partial charge on any atom is -0.324 e. The van der Waals surface area contributed by atoms with Crippen molar-refractivity contribution in [2.45, 2.75) is 25.4 Å². The first kappa shape index (κ1) is 12.1. The molecule has 0 aliphatic heterocycles. The highest BCUT2D eigenvalue weighted by Gasteiger charge is 2.28. The van der Waals surface area contributed by atoms with Gasteiger partial charge in [-0.25, -0.2) is 4.39 Å². The summed E-state index contributed by atoms with van der Waals surface area (Å²) in [5.41, 5.74) is 6.60. The van der Waals surface area contributed by atoms with Gasteiger partial charge in [0.25, 0.3) is 0 Å². The molecule has 1 aromatic rings. The van der Waals surface area contributed by atoms with Crippen LogP contribution in [0.2, 0.25) is 0 Å². The van der Waals surface area contributed by atoms with Crippen molar-refractivity contribution in [1.82, 2.24) is 4.90 Å². The van der Waals surface area contributed by atoms with Gasteiger partial charge in [-0.3, -0.25) is 0 Å². The zero-order valence-corrected chi connectivity index (χ0v) is 9.79. The third-order valence-corrected chi connectivity index (χ3v) is 2.39. The van der Waals surface area contributed by atoms with Crippen LogP contribution in [0.15, 0.2) is 24.3 Å². The molecule has 0 amide bonds. The highest BCUT2D eigenvalue weighted by atomic mass is 19.1. The minimum absolute atomic E-state index is 0.00759. The van der Waals surface area contributed by atoms with Crippen molar-refractivity contribution < 1.29 is 4.39 Å². The molecule has 0 aliphatic rings. The van der Waals surface area contributed by atoms with Gasteiger partial charge < -0.3 is 10.6 Å². The largest absolute Gasteiger partial charge is 0.324 e. The predicted octanol–water partition coefficient (Wildman–Crippen LogP) is 2.17. The van der Waals surface area contributed by atoms with Gasteiger partial charge in [0, 0.05) is 5.54 Å². The minimum atomic E-state index is -0.405. The van der Waals surface area contributed by atoms with E-state index in [1.165, 1.54) is 6.07 Å². The van der Waals surface area contributed by atoms with E-state index in [-0.39, 0.29) is 11.9 Å². The second-order valence-corrected chi connectivity index (χ2v) is 4.74. The van der Waals surface area contributed by atoms with Gasteiger partial charge >= 0.3 is 0 Å². The molecule has 0 saturated heterocycles. The summed E-state index contributed by atoms with van der Waals surface area (Å²) >= 11 is 0. The number of hydrogen-bond acceptors (Lipinski definition) is 2. The third kappa shape index (κ3) is 3.01. The second-order valence-electron chi connectivity index (χ2n) is 4.74. The van der Waals surface area contributed by atoms with Gasteiger partial charge in [-0.2, -0.15) is 0 Å². The van der Waals surface area contributed by atoms with E-state index in [4.69, 9.17) is 5.73 Å². The Morgan fingerprint density at radius 2 is 1.93 bits per heavy atom. The van der Waals surface area contributed by atoms with Gasteiger partial charge in [0.1, 0.15) is 5.82 Å². The molecule has 0 fully saturated rings. The molecule has 15 heavy (non-hydrogen) atoms. The van der Waals surface area contributed by atoms with Crippen molar-refractivity contribution >= 4 is 0 Å². The molecule has 0 heterocycles. The molecule has 84 valence electrons. The molecule has 0 bridgehead atoms. The molecule has 1 rings (SSSR count). The van der Waals surface area contributed by atoms with Gasteiger partial charge in [-0.1, -0.05) is 12.1 Å². The van der Waals surface area contributed by atoms with Crippen LogP contribution in [0.25, 0.3) is 0 Å². The van der Waals surface area contributed by atoms with Crippen LogP contribution in [-0.2, 0) is 0 Å². The van der Waals surface area contributed by atoms with Gasteiger partial charge in [0.05, 0.1) is 6.04 Å². The second kappa shape index (κ2) is 4.29. The van der Waals surface area contributed by atoms with E-state index < -0.39 is 5.54 Å². The maximum atomic E-state index is 13.1. The van der Waals surface area contributed by atoms with Crippen molar-refractivity contribution in [3.05, 3.63) is 35.6 Å². The molecule has 2 nitrogen and oxygen atoms in total. The van der Waals surface area contributed by atoms with Crippen LogP contribution in [0.4, 0.5) is 4.39 Å². The van der Waals surface area contributed by atoms with Crippen LogP contribution in [0.3, 0.4) is 0 Å². The summed E-state index contributed by atoms with van der Waals surface area (Å²) in [7, 11) is 3.90. The number of halogens is 1. The predicted molar refractivity (Wildman–Crippen MR) is 61.1 cm³/mol. The standard InChI is InChI=1S/C12H19FN2/c1-12(2,14)11(15(3)4)9-6-5-7-10(13)8-9/h5-8,11H,14H2,1-4H3. The summed E-state index contributed by atoms with van der Waals surface area (Å²) in [5.74, 6) is -0.219.